The first kappa shape index (κ1) is 38.6. The van der Waals surface area contributed by atoms with E-state index in [0.717, 1.165) is 41.6 Å². The number of rotatable bonds is 11. The number of likely N-dealkylation sites (tertiary alicyclic amines) is 2. The van der Waals surface area contributed by atoms with Crippen LogP contribution in [0.4, 0.5) is 9.59 Å². The van der Waals surface area contributed by atoms with Gasteiger partial charge in [-0.25, -0.2) is 19.6 Å². The molecule has 15 nitrogen and oxygen atoms in total. The van der Waals surface area contributed by atoms with E-state index in [1.807, 2.05) is 72.8 Å². The van der Waals surface area contributed by atoms with E-state index in [4.69, 9.17) is 9.72 Å². The Kier molecular flexibility index (Phi) is 11.2. The van der Waals surface area contributed by atoms with Crippen molar-refractivity contribution in [3.05, 3.63) is 138 Å². The van der Waals surface area contributed by atoms with Crippen LogP contribution in [0.5, 0.6) is 0 Å². The summed E-state index contributed by atoms with van der Waals surface area (Å²) in [6.45, 7) is 1.03. The van der Waals surface area contributed by atoms with Crippen LogP contribution in [0.25, 0.3) is 33.8 Å². The van der Waals surface area contributed by atoms with Gasteiger partial charge in [0, 0.05) is 24.8 Å². The molecule has 0 radical (unpaired) electrons. The van der Waals surface area contributed by atoms with E-state index in [2.05, 4.69) is 30.6 Å². The topological polar surface area (TPSA) is 199 Å². The molecule has 0 aliphatic carbocycles. The van der Waals surface area contributed by atoms with Crippen molar-refractivity contribution >= 4 is 24.0 Å². The summed E-state index contributed by atoms with van der Waals surface area (Å²) in [7, 11) is 1.27. The normalized spacial score (nSPS) is 17.3. The summed E-state index contributed by atoms with van der Waals surface area (Å²) in [5, 5.41) is 14.6. The standard InChI is InChI=1S/C44H43N9O6/c1-59-44(58)51-38(30-12-6-3-7-13-30)42(55)53-23-8-14-35(53)39-46-25-33(48-39)28-18-16-27(17-19-28)31-20-21-32(45-24-31)34-26-47-40(49-34)36-15-9-22-52(36)41(54)37(50-43(56)57)29-10-4-2-5-11-29/h2-7,10-13,16-21,24-26,35-38,50H,8-9,14-15,22-23H2,1H3,(H,46,48)(H,47,49)(H,51,58)(H,56,57)/t35-,36-,37+,38+/m0/s1. The second-order valence-electron chi connectivity index (χ2n) is 14.5. The summed E-state index contributed by atoms with van der Waals surface area (Å²) < 4.78 is 4.82. The van der Waals surface area contributed by atoms with Crippen molar-refractivity contribution in [2.45, 2.75) is 49.9 Å². The second kappa shape index (κ2) is 17.1. The Labute approximate surface area is 339 Å². The van der Waals surface area contributed by atoms with Gasteiger partial charge in [0.25, 0.3) is 11.8 Å². The van der Waals surface area contributed by atoms with Crippen LogP contribution in [0.15, 0.2) is 116 Å². The highest BCUT2D eigenvalue weighted by molar-refractivity contribution is 5.88. The molecule has 15 heteroatoms. The average Bonchev–Trinajstić information content (AvgIpc) is 4.12. The lowest BCUT2D eigenvalue weighted by Gasteiger charge is -2.28. The highest BCUT2D eigenvalue weighted by Crippen LogP contribution is 2.36. The van der Waals surface area contributed by atoms with Crippen molar-refractivity contribution in [2.75, 3.05) is 20.2 Å². The Bertz CT molecular complexity index is 2420. The zero-order chi connectivity index (χ0) is 40.9. The van der Waals surface area contributed by atoms with Crippen molar-refractivity contribution in [3.8, 4) is 33.8 Å². The van der Waals surface area contributed by atoms with Crippen LogP contribution in [-0.4, -0.2) is 84.0 Å². The maximum Gasteiger partial charge on any atom is 0.407 e. The fourth-order valence-corrected chi connectivity index (χ4v) is 7.98. The SMILES string of the molecule is COC(=O)N[C@@H](C(=O)N1CCC[C@H]1c1ncc(-c2ccc(-c3ccc(-c4cnc([C@@H]5CCCN5C(=O)[C@H](NC(=O)O)c5ccccc5)[nH]4)nc3)cc2)[nH]1)c1ccccc1. The molecule has 0 saturated carbocycles. The molecule has 300 valence electrons. The minimum absolute atomic E-state index is 0.226. The number of ether oxygens (including phenoxy) is 1. The number of carboxylic acid groups (broad SMARTS) is 1. The lowest BCUT2D eigenvalue weighted by molar-refractivity contribution is -0.135. The first-order chi connectivity index (χ1) is 28.8. The van der Waals surface area contributed by atoms with Crippen LogP contribution < -0.4 is 10.6 Å². The molecule has 8 rings (SSSR count). The number of hydrogen-bond acceptors (Lipinski definition) is 8. The third kappa shape index (κ3) is 8.26. The number of carbonyl (C=O) groups excluding carboxylic acids is 3. The highest BCUT2D eigenvalue weighted by atomic mass is 16.5. The Morgan fingerprint density at radius 2 is 1.15 bits per heavy atom. The third-order valence-electron chi connectivity index (χ3n) is 10.9. The van der Waals surface area contributed by atoms with Gasteiger partial charge >= 0.3 is 12.2 Å². The molecule has 4 atom stereocenters. The number of carbonyl (C=O) groups is 4. The molecule has 2 aliphatic rings. The fourth-order valence-electron chi connectivity index (χ4n) is 7.98. The number of alkyl carbamates (subject to hydrolysis) is 1. The van der Waals surface area contributed by atoms with Gasteiger partial charge in [0.2, 0.25) is 0 Å². The quantitative estimate of drug-likeness (QED) is 0.0920. The number of imidazole rings is 2. The molecule has 0 spiro atoms. The molecule has 6 aromatic rings. The smallest absolute Gasteiger partial charge is 0.407 e. The van der Waals surface area contributed by atoms with E-state index in [-0.39, 0.29) is 23.9 Å². The number of amides is 4. The zero-order valence-corrected chi connectivity index (χ0v) is 32.2. The lowest BCUT2D eigenvalue weighted by atomic mass is 10.0. The number of pyridine rings is 1. The molecule has 3 aromatic carbocycles. The minimum Gasteiger partial charge on any atom is -0.465 e. The van der Waals surface area contributed by atoms with E-state index in [9.17, 15) is 24.3 Å². The number of hydrogen-bond donors (Lipinski definition) is 5. The van der Waals surface area contributed by atoms with Crippen molar-refractivity contribution in [1.29, 1.82) is 0 Å². The van der Waals surface area contributed by atoms with Crippen molar-refractivity contribution in [3.63, 3.8) is 0 Å². The summed E-state index contributed by atoms with van der Waals surface area (Å²) in [4.78, 5) is 75.7. The van der Waals surface area contributed by atoms with Gasteiger partial charge in [-0.2, -0.15) is 0 Å². The molecular weight excluding hydrogens is 751 g/mol. The highest BCUT2D eigenvalue weighted by Gasteiger charge is 2.38. The number of H-pyrrole nitrogens is 2. The van der Waals surface area contributed by atoms with Crippen LogP contribution >= 0.6 is 0 Å². The molecule has 5 heterocycles. The Morgan fingerprint density at radius 1 is 0.644 bits per heavy atom. The number of aromatic amines is 2. The van der Waals surface area contributed by atoms with Gasteiger partial charge in [-0.1, -0.05) is 91.0 Å². The molecule has 0 bridgehead atoms. The molecule has 5 N–H and O–H groups in total. The van der Waals surface area contributed by atoms with Gasteiger partial charge in [-0.3, -0.25) is 14.6 Å². The summed E-state index contributed by atoms with van der Waals surface area (Å²) in [6.07, 6.45) is 6.33. The van der Waals surface area contributed by atoms with E-state index < -0.39 is 24.3 Å². The van der Waals surface area contributed by atoms with E-state index >= 15 is 0 Å². The van der Waals surface area contributed by atoms with E-state index in [1.54, 1.807) is 52.7 Å². The van der Waals surface area contributed by atoms with Gasteiger partial charge in [-0.05, 0) is 54.0 Å². The number of methoxy groups -OCH3 is 1. The molecule has 2 fully saturated rings. The van der Waals surface area contributed by atoms with Crippen molar-refractivity contribution < 1.29 is 29.0 Å². The molecule has 3 aromatic heterocycles. The van der Waals surface area contributed by atoms with Gasteiger partial charge < -0.3 is 40.2 Å². The molecule has 59 heavy (non-hydrogen) atoms. The maximum absolute atomic E-state index is 13.9. The van der Waals surface area contributed by atoms with E-state index in [0.29, 0.717) is 53.7 Å². The van der Waals surface area contributed by atoms with Gasteiger partial charge in [-0.15, -0.1) is 0 Å². The summed E-state index contributed by atoms with van der Waals surface area (Å²) in [6, 6.07) is 27.4. The monoisotopic (exact) mass is 793 g/mol. The summed E-state index contributed by atoms with van der Waals surface area (Å²) >= 11 is 0. The van der Waals surface area contributed by atoms with Gasteiger partial charge in [0.05, 0.1) is 48.7 Å². The zero-order valence-electron chi connectivity index (χ0n) is 32.2. The number of aromatic nitrogens is 5. The lowest BCUT2D eigenvalue weighted by Crippen LogP contribution is -2.42. The number of nitrogens with one attached hydrogen (secondary N) is 4. The first-order valence-corrected chi connectivity index (χ1v) is 19.5. The minimum atomic E-state index is -1.27. The predicted molar refractivity (Wildman–Crippen MR) is 217 cm³/mol. The molecule has 4 amide bonds. The van der Waals surface area contributed by atoms with Crippen LogP contribution in [0.1, 0.15) is 72.6 Å². The third-order valence-corrected chi connectivity index (χ3v) is 10.9. The van der Waals surface area contributed by atoms with Gasteiger partial charge in [0.1, 0.15) is 23.7 Å². The summed E-state index contributed by atoms with van der Waals surface area (Å²) in [5.41, 5.74) is 6.28. The van der Waals surface area contributed by atoms with Crippen LogP contribution in [0.3, 0.4) is 0 Å². The van der Waals surface area contributed by atoms with Gasteiger partial charge in [0.15, 0.2) is 0 Å². The van der Waals surface area contributed by atoms with Crippen molar-refractivity contribution in [2.24, 2.45) is 0 Å². The largest absolute Gasteiger partial charge is 0.465 e. The first-order valence-electron chi connectivity index (χ1n) is 19.5. The second-order valence-corrected chi connectivity index (χ2v) is 14.5. The van der Waals surface area contributed by atoms with E-state index in [1.165, 1.54) is 7.11 Å². The molecular formula is C44H43N9O6. The number of nitrogens with zero attached hydrogens (tertiary/aromatic N) is 5. The van der Waals surface area contributed by atoms with Crippen LogP contribution in [0, 0.1) is 0 Å². The number of benzene rings is 3. The average molecular weight is 794 g/mol. The molecule has 2 aliphatic heterocycles. The Balaban J connectivity index is 0.928. The van der Waals surface area contributed by atoms with Crippen molar-refractivity contribution in [1.82, 2.24) is 45.4 Å². The Hall–Kier alpha value is -7.29. The maximum atomic E-state index is 13.9. The molecule has 2 saturated heterocycles. The van der Waals surface area contributed by atoms with Crippen LogP contribution in [-0.2, 0) is 14.3 Å². The Morgan fingerprint density at radius 3 is 1.68 bits per heavy atom. The molecule has 0 unspecified atom stereocenters. The predicted octanol–water partition coefficient (Wildman–Crippen LogP) is 6.96. The fraction of sp³-hybridized carbons (Fsp3) is 0.250. The summed E-state index contributed by atoms with van der Waals surface area (Å²) in [5.74, 6) is 0.753. The van der Waals surface area contributed by atoms with Crippen LogP contribution in [0.2, 0.25) is 0 Å².